The molecule has 2 nitrogen and oxygen atoms in total. The fourth-order valence-corrected chi connectivity index (χ4v) is 4.03. The molecule has 1 aliphatic carbocycles. The third kappa shape index (κ3) is 2.56. The van der Waals surface area contributed by atoms with Crippen molar-refractivity contribution in [3.8, 4) is 5.75 Å². The van der Waals surface area contributed by atoms with E-state index in [1.807, 2.05) is 12.1 Å². The molecular weight excluding hydrogens is 272 g/mol. The molecule has 0 aromatic heterocycles. The number of hydrogen-bond acceptors (Lipinski definition) is 2. The molecule has 0 saturated heterocycles. The third-order valence-electron chi connectivity index (χ3n) is 5.03. The van der Waals surface area contributed by atoms with Gasteiger partial charge >= 0.3 is 0 Å². The molecule has 3 unspecified atom stereocenters. The highest BCUT2D eigenvalue weighted by atomic mass is 35.5. The highest BCUT2D eigenvalue weighted by molar-refractivity contribution is 6.30. The lowest BCUT2D eigenvalue weighted by molar-refractivity contribution is -0.0563. The van der Waals surface area contributed by atoms with Crippen LogP contribution in [0.3, 0.4) is 0 Å². The van der Waals surface area contributed by atoms with Crippen molar-refractivity contribution in [2.45, 2.75) is 51.6 Å². The van der Waals surface area contributed by atoms with Gasteiger partial charge in [-0.3, -0.25) is 0 Å². The summed E-state index contributed by atoms with van der Waals surface area (Å²) in [4.78, 5) is 0. The first-order valence-electron chi connectivity index (χ1n) is 7.64. The van der Waals surface area contributed by atoms with Gasteiger partial charge in [-0.05, 0) is 47.9 Å². The zero-order valence-corrected chi connectivity index (χ0v) is 13.0. The molecule has 1 heterocycles. The summed E-state index contributed by atoms with van der Waals surface area (Å²) < 4.78 is 5.76. The zero-order chi connectivity index (χ0) is 14.3. The van der Waals surface area contributed by atoms with E-state index in [0.717, 1.165) is 42.2 Å². The van der Waals surface area contributed by atoms with Crippen molar-refractivity contribution < 1.29 is 9.84 Å². The summed E-state index contributed by atoms with van der Waals surface area (Å²) in [7, 11) is 0. The van der Waals surface area contributed by atoms with Crippen molar-refractivity contribution in [1.29, 1.82) is 0 Å². The number of aliphatic hydroxyl groups is 1. The fourth-order valence-electron chi connectivity index (χ4n) is 3.76. The molecular formula is C17H23ClO2. The van der Waals surface area contributed by atoms with Gasteiger partial charge in [0.1, 0.15) is 5.75 Å². The molecule has 20 heavy (non-hydrogen) atoms. The normalized spacial score (nSPS) is 32.8. The summed E-state index contributed by atoms with van der Waals surface area (Å²) in [5.41, 5.74) is 1.64. The first-order valence-corrected chi connectivity index (χ1v) is 8.02. The largest absolute Gasteiger partial charge is 0.493 e. The van der Waals surface area contributed by atoms with Gasteiger partial charge in [-0.25, -0.2) is 0 Å². The summed E-state index contributed by atoms with van der Waals surface area (Å²) in [6.07, 6.45) is 4.76. The lowest BCUT2D eigenvalue weighted by Crippen LogP contribution is -2.43. The highest BCUT2D eigenvalue weighted by Crippen LogP contribution is 2.42. The highest BCUT2D eigenvalue weighted by Gasteiger charge is 2.39. The Balaban J connectivity index is 1.91. The minimum atomic E-state index is -0.623. The van der Waals surface area contributed by atoms with Crippen LogP contribution >= 0.6 is 11.6 Å². The molecule has 3 rings (SSSR count). The summed E-state index contributed by atoms with van der Waals surface area (Å²) in [6.45, 7) is 5.13. The number of rotatable bonds is 2. The molecule has 3 heteroatoms. The van der Waals surface area contributed by atoms with Crippen LogP contribution in [0, 0.1) is 11.8 Å². The van der Waals surface area contributed by atoms with E-state index in [9.17, 15) is 5.11 Å². The van der Waals surface area contributed by atoms with Gasteiger partial charge in [-0.15, -0.1) is 0 Å². The van der Waals surface area contributed by atoms with E-state index in [-0.39, 0.29) is 0 Å². The predicted octanol–water partition coefficient (Wildman–Crippen LogP) is 4.00. The molecule has 1 saturated carbocycles. The minimum absolute atomic E-state index is 0.328. The van der Waals surface area contributed by atoms with Crippen molar-refractivity contribution in [3.63, 3.8) is 0 Å². The molecule has 1 aliphatic heterocycles. The molecule has 2 aliphatic rings. The first-order chi connectivity index (χ1) is 9.48. The van der Waals surface area contributed by atoms with Gasteiger partial charge in [0.05, 0.1) is 12.2 Å². The Hall–Kier alpha value is -0.730. The molecule has 0 spiro atoms. The predicted molar refractivity (Wildman–Crippen MR) is 81.5 cm³/mol. The van der Waals surface area contributed by atoms with Crippen LogP contribution in [-0.4, -0.2) is 17.3 Å². The second-order valence-electron chi connectivity index (χ2n) is 6.72. The van der Waals surface area contributed by atoms with Gasteiger partial charge < -0.3 is 9.84 Å². The standard InChI is InChI=1S/C17H23ClO2/c1-11-3-4-12(2)17(19,9-11)10-14-8-15(18)7-13-5-6-20-16(13)14/h7-8,11-12,19H,3-6,9-10H2,1-2H3. The van der Waals surface area contributed by atoms with E-state index in [0.29, 0.717) is 18.3 Å². The number of halogens is 1. The quantitative estimate of drug-likeness (QED) is 0.893. The third-order valence-corrected chi connectivity index (χ3v) is 5.25. The number of hydrogen-bond donors (Lipinski definition) is 1. The summed E-state index contributed by atoms with van der Waals surface area (Å²) in [5.74, 6) is 1.88. The Morgan fingerprint density at radius 1 is 1.35 bits per heavy atom. The second-order valence-corrected chi connectivity index (χ2v) is 7.16. The second kappa shape index (κ2) is 5.23. The van der Waals surface area contributed by atoms with E-state index in [1.165, 1.54) is 12.0 Å². The van der Waals surface area contributed by atoms with Crippen molar-refractivity contribution >= 4 is 11.6 Å². The van der Waals surface area contributed by atoms with Crippen LogP contribution in [0.2, 0.25) is 5.02 Å². The zero-order valence-electron chi connectivity index (χ0n) is 12.3. The van der Waals surface area contributed by atoms with Crippen LogP contribution in [0.1, 0.15) is 44.2 Å². The number of fused-ring (bicyclic) bond motifs is 1. The number of benzene rings is 1. The first kappa shape index (κ1) is 14.2. The molecule has 1 aromatic carbocycles. The fraction of sp³-hybridized carbons (Fsp3) is 0.647. The average molecular weight is 295 g/mol. The molecule has 110 valence electrons. The maximum absolute atomic E-state index is 11.1. The van der Waals surface area contributed by atoms with E-state index in [2.05, 4.69) is 13.8 Å². The molecule has 1 fully saturated rings. The Kier molecular flexibility index (Phi) is 3.72. The Morgan fingerprint density at radius 3 is 2.95 bits per heavy atom. The number of ether oxygens (including phenoxy) is 1. The summed E-state index contributed by atoms with van der Waals surface area (Å²) in [6, 6.07) is 3.96. The van der Waals surface area contributed by atoms with E-state index in [4.69, 9.17) is 16.3 Å². The van der Waals surface area contributed by atoms with Gasteiger partial charge in [0, 0.05) is 17.9 Å². The van der Waals surface area contributed by atoms with E-state index >= 15 is 0 Å². The van der Waals surface area contributed by atoms with Gasteiger partial charge in [0.25, 0.3) is 0 Å². The smallest absolute Gasteiger partial charge is 0.126 e. The molecule has 1 aromatic rings. The molecule has 3 atom stereocenters. The summed E-state index contributed by atoms with van der Waals surface area (Å²) >= 11 is 6.22. The topological polar surface area (TPSA) is 29.5 Å². The van der Waals surface area contributed by atoms with Crippen LogP contribution in [-0.2, 0) is 12.8 Å². The van der Waals surface area contributed by atoms with Crippen LogP contribution < -0.4 is 4.74 Å². The van der Waals surface area contributed by atoms with Gasteiger partial charge in [-0.1, -0.05) is 31.9 Å². The van der Waals surface area contributed by atoms with Gasteiger partial charge in [0.2, 0.25) is 0 Å². The van der Waals surface area contributed by atoms with Crippen LogP contribution in [0.25, 0.3) is 0 Å². The molecule has 0 amide bonds. The van der Waals surface area contributed by atoms with Crippen LogP contribution in [0.15, 0.2) is 12.1 Å². The lowest BCUT2D eigenvalue weighted by atomic mass is 9.69. The van der Waals surface area contributed by atoms with Crippen molar-refractivity contribution in [2.75, 3.05) is 6.61 Å². The van der Waals surface area contributed by atoms with E-state index < -0.39 is 5.60 Å². The average Bonchev–Trinajstić information content (AvgIpc) is 2.82. The maximum Gasteiger partial charge on any atom is 0.126 e. The van der Waals surface area contributed by atoms with E-state index in [1.54, 1.807) is 0 Å². The van der Waals surface area contributed by atoms with Gasteiger partial charge in [-0.2, -0.15) is 0 Å². The Morgan fingerprint density at radius 2 is 2.15 bits per heavy atom. The maximum atomic E-state index is 11.1. The monoisotopic (exact) mass is 294 g/mol. The SMILES string of the molecule is CC1CCC(C)C(O)(Cc2cc(Cl)cc3c2OCC3)C1. The van der Waals surface area contributed by atoms with Crippen LogP contribution in [0.4, 0.5) is 0 Å². The van der Waals surface area contributed by atoms with Crippen LogP contribution in [0.5, 0.6) is 5.75 Å². The Labute approximate surface area is 126 Å². The molecule has 0 radical (unpaired) electrons. The molecule has 0 bridgehead atoms. The van der Waals surface area contributed by atoms with Crippen molar-refractivity contribution in [3.05, 3.63) is 28.3 Å². The summed E-state index contributed by atoms with van der Waals surface area (Å²) in [5, 5.41) is 11.8. The Bertz CT molecular complexity index is 514. The molecule has 1 N–H and O–H groups in total. The van der Waals surface area contributed by atoms with Gasteiger partial charge in [0.15, 0.2) is 0 Å². The lowest BCUT2D eigenvalue weighted by Gasteiger charge is -2.41. The minimum Gasteiger partial charge on any atom is -0.493 e. The van der Waals surface area contributed by atoms with Crippen molar-refractivity contribution in [1.82, 2.24) is 0 Å². The van der Waals surface area contributed by atoms with Crippen molar-refractivity contribution in [2.24, 2.45) is 11.8 Å².